The van der Waals surface area contributed by atoms with Crippen molar-refractivity contribution in [2.75, 3.05) is 12.9 Å². The molecule has 0 aromatic carbocycles. The van der Waals surface area contributed by atoms with Crippen LogP contribution in [0.3, 0.4) is 0 Å². The summed E-state index contributed by atoms with van der Waals surface area (Å²) in [7, 11) is -3.25. The summed E-state index contributed by atoms with van der Waals surface area (Å²) in [6.45, 7) is 4.09. The molecule has 144 valence electrons. The standard InChI is InChI=1S/C20H40O3S/c1-3-4-5-6-7-8-9-10-11-12-13-14-15-16-17-18-19-20-23-24(2,21)22/h3H,1,4-20H2,2H3. The molecule has 4 heteroatoms. The van der Waals surface area contributed by atoms with Gasteiger partial charge in [-0.2, -0.15) is 8.42 Å². The summed E-state index contributed by atoms with van der Waals surface area (Å²) < 4.78 is 26.3. The largest absolute Gasteiger partial charge is 0.270 e. The lowest BCUT2D eigenvalue weighted by molar-refractivity contribution is 0.309. The summed E-state index contributed by atoms with van der Waals surface area (Å²) in [6.07, 6.45) is 23.8. The average Bonchev–Trinajstić information content (AvgIpc) is 2.52. The first-order valence-corrected chi connectivity index (χ1v) is 11.8. The molecule has 0 aliphatic heterocycles. The van der Waals surface area contributed by atoms with Crippen molar-refractivity contribution in [2.24, 2.45) is 0 Å². The van der Waals surface area contributed by atoms with Crippen molar-refractivity contribution in [3.05, 3.63) is 12.7 Å². The fourth-order valence-electron chi connectivity index (χ4n) is 2.90. The Balaban J connectivity index is 3.04. The maximum atomic E-state index is 10.8. The summed E-state index contributed by atoms with van der Waals surface area (Å²) in [4.78, 5) is 0. The van der Waals surface area contributed by atoms with Gasteiger partial charge in [-0.25, -0.2) is 0 Å². The van der Waals surface area contributed by atoms with Crippen LogP contribution in [0.15, 0.2) is 12.7 Å². The number of unbranched alkanes of at least 4 members (excludes halogenated alkanes) is 15. The van der Waals surface area contributed by atoms with E-state index in [4.69, 9.17) is 4.18 Å². The Morgan fingerprint density at radius 1 is 0.667 bits per heavy atom. The number of allylic oxidation sites excluding steroid dienone is 1. The highest BCUT2D eigenvalue weighted by atomic mass is 32.2. The number of rotatable bonds is 19. The van der Waals surface area contributed by atoms with Crippen LogP contribution in [0.25, 0.3) is 0 Å². The zero-order valence-corrected chi connectivity index (χ0v) is 16.8. The summed E-state index contributed by atoms with van der Waals surface area (Å²) in [5.74, 6) is 0. The molecule has 0 heterocycles. The highest BCUT2D eigenvalue weighted by Gasteiger charge is 2.00. The average molecular weight is 361 g/mol. The molecule has 0 saturated heterocycles. The Morgan fingerprint density at radius 2 is 1.00 bits per heavy atom. The second-order valence-electron chi connectivity index (χ2n) is 6.91. The zero-order valence-electron chi connectivity index (χ0n) is 15.9. The van der Waals surface area contributed by atoms with Crippen LogP contribution < -0.4 is 0 Å². The van der Waals surface area contributed by atoms with Gasteiger partial charge in [0.05, 0.1) is 12.9 Å². The summed E-state index contributed by atoms with van der Waals surface area (Å²) in [5.41, 5.74) is 0. The van der Waals surface area contributed by atoms with Gasteiger partial charge in [-0.1, -0.05) is 89.5 Å². The van der Waals surface area contributed by atoms with E-state index in [0.29, 0.717) is 6.61 Å². The molecule has 0 radical (unpaired) electrons. The Bertz CT molecular complexity index is 363. The van der Waals surface area contributed by atoms with Crippen molar-refractivity contribution in [3.63, 3.8) is 0 Å². The normalized spacial score (nSPS) is 11.7. The predicted molar refractivity (Wildman–Crippen MR) is 105 cm³/mol. The molecule has 0 aliphatic rings. The maximum absolute atomic E-state index is 10.8. The molecule has 0 bridgehead atoms. The Morgan fingerprint density at radius 3 is 1.33 bits per heavy atom. The van der Waals surface area contributed by atoms with Crippen molar-refractivity contribution >= 4 is 10.1 Å². The van der Waals surface area contributed by atoms with Gasteiger partial charge in [-0.15, -0.1) is 6.58 Å². The molecule has 0 aromatic heterocycles. The van der Waals surface area contributed by atoms with Gasteiger partial charge in [0, 0.05) is 0 Å². The van der Waals surface area contributed by atoms with Crippen molar-refractivity contribution in [3.8, 4) is 0 Å². The molecule has 0 saturated carbocycles. The van der Waals surface area contributed by atoms with Gasteiger partial charge in [0.25, 0.3) is 10.1 Å². The fourth-order valence-corrected chi connectivity index (χ4v) is 3.32. The monoisotopic (exact) mass is 360 g/mol. The molecule has 3 nitrogen and oxygen atoms in total. The van der Waals surface area contributed by atoms with Gasteiger partial charge in [0.1, 0.15) is 0 Å². The van der Waals surface area contributed by atoms with Crippen LogP contribution in [-0.2, 0) is 14.3 Å². The van der Waals surface area contributed by atoms with E-state index < -0.39 is 10.1 Å². The SMILES string of the molecule is C=CCCCCCCCCCCCCCCCCCOS(C)(=O)=O. The lowest BCUT2D eigenvalue weighted by atomic mass is 10.0. The van der Waals surface area contributed by atoms with Gasteiger partial charge in [0.2, 0.25) is 0 Å². The first kappa shape index (κ1) is 23.6. The van der Waals surface area contributed by atoms with Crippen LogP contribution in [-0.4, -0.2) is 21.3 Å². The third-order valence-electron chi connectivity index (χ3n) is 4.35. The molecule has 0 unspecified atom stereocenters. The van der Waals surface area contributed by atoms with E-state index in [9.17, 15) is 8.42 Å². The molecular formula is C20H40O3S. The quantitative estimate of drug-likeness (QED) is 0.152. The lowest BCUT2D eigenvalue weighted by Crippen LogP contribution is -2.03. The topological polar surface area (TPSA) is 43.4 Å². The highest BCUT2D eigenvalue weighted by Crippen LogP contribution is 2.13. The Labute approximate surface area is 151 Å². The molecule has 0 rings (SSSR count). The van der Waals surface area contributed by atoms with Crippen molar-refractivity contribution < 1.29 is 12.6 Å². The van der Waals surface area contributed by atoms with E-state index in [1.165, 1.54) is 89.9 Å². The first-order valence-electron chi connectivity index (χ1n) is 10.0. The van der Waals surface area contributed by atoms with E-state index in [2.05, 4.69) is 6.58 Å². The van der Waals surface area contributed by atoms with E-state index >= 15 is 0 Å². The number of hydrogen-bond acceptors (Lipinski definition) is 3. The molecular weight excluding hydrogens is 320 g/mol. The van der Waals surface area contributed by atoms with Crippen LogP contribution in [0.1, 0.15) is 103 Å². The Kier molecular flexibility index (Phi) is 17.2. The molecule has 0 aromatic rings. The van der Waals surface area contributed by atoms with Crippen LogP contribution >= 0.6 is 0 Å². The van der Waals surface area contributed by atoms with Crippen LogP contribution in [0.5, 0.6) is 0 Å². The minimum absolute atomic E-state index is 0.340. The van der Waals surface area contributed by atoms with Crippen molar-refractivity contribution in [1.29, 1.82) is 0 Å². The van der Waals surface area contributed by atoms with Gasteiger partial charge in [-0.3, -0.25) is 4.18 Å². The lowest BCUT2D eigenvalue weighted by Gasteiger charge is -2.04. The smallest absolute Gasteiger partial charge is 0.264 e. The molecule has 0 N–H and O–H groups in total. The van der Waals surface area contributed by atoms with Crippen molar-refractivity contribution in [2.45, 2.75) is 103 Å². The van der Waals surface area contributed by atoms with Crippen molar-refractivity contribution in [1.82, 2.24) is 0 Å². The minimum atomic E-state index is -3.25. The summed E-state index contributed by atoms with van der Waals surface area (Å²) in [6, 6.07) is 0. The van der Waals surface area contributed by atoms with Crippen LogP contribution in [0.4, 0.5) is 0 Å². The van der Waals surface area contributed by atoms with Gasteiger partial charge >= 0.3 is 0 Å². The second kappa shape index (κ2) is 17.5. The van der Waals surface area contributed by atoms with Gasteiger partial charge < -0.3 is 0 Å². The molecule has 0 atom stereocenters. The summed E-state index contributed by atoms with van der Waals surface area (Å²) in [5, 5.41) is 0. The minimum Gasteiger partial charge on any atom is -0.270 e. The van der Waals surface area contributed by atoms with E-state index in [0.717, 1.165) is 19.1 Å². The molecule has 0 aliphatic carbocycles. The zero-order chi connectivity index (χ0) is 17.9. The molecule has 0 spiro atoms. The van der Waals surface area contributed by atoms with E-state index in [-0.39, 0.29) is 0 Å². The molecule has 0 fully saturated rings. The molecule has 0 amide bonds. The van der Waals surface area contributed by atoms with Gasteiger partial charge in [0.15, 0.2) is 0 Å². The molecule has 24 heavy (non-hydrogen) atoms. The van der Waals surface area contributed by atoms with Crippen LogP contribution in [0, 0.1) is 0 Å². The van der Waals surface area contributed by atoms with E-state index in [1.54, 1.807) is 0 Å². The van der Waals surface area contributed by atoms with E-state index in [1.807, 2.05) is 6.08 Å². The maximum Gasteiger partial charge on any atom is 0.264 e. The first-order chi connectivity index (χ1) is 11.6. The fraction of sp³-hybridized carbons (Fsp3) is 0.900. The van der Waals surface area contributed by atoms with Gasteiger partial charge in [-0.05, 0) is 19.3 Å². The second-order valence-corrected chi connectivity index (χ2v) is 8.55. The predicted octanol–water partition coefficient (Wildman–Crippen LogP) is 6.39. The third-order valence-corrected chi connectivity index (χ3v) is 4.94. The Hall–Kier alpha value is -0.350. The number of hydrogen-bond donors (Lipinski definition) is 0. The highest BCUT2D eigenvalue weighted by molar-refractivity contribution is 7.85. The van der Waals surface area contributed by atoms with Crippen LogP contribution in [0.2, 0.25) is 0 Å². The summed E-state index contributed by atoms with van der Waals surface area (Å²) >= 11 is 0. The third kappa shape index (κ3) is 21.6.